The summed E-state index contributed by atoms with van der Waals surface area (Å²) in [6, 6.07) is 6.71. The number of methoxy groups -OCH3 is 1. The van der Waals surface area contributed by atoms with E-state index in [9.17, 15) is 0 Å². The van der Waals surface area contributed by atoms with E-state index < -0.39 is 0 Å². The van der Waals surface area contributed by atoms with Crippen LogP contribution in [0.2, 0.25) is 0 Å². The molecule has 112 valence electrons. The lowest BCUT2D eigenvalue weighted by molar-refractivity contribution is 0.212. The molecular weight excluding hydrogens is 250 g/mol. The van der Waals surface area contributed by atoms with Gasteiger partial charge >= 0.3 is 0 Å². The molecular formula is C16H27N3O. The van der Waals surface area contributed by atoms with Gasteiger partial charge in [0.1, 0.15) is 5.75 Å². The van der Waals surface area contributed by atoms with Crippen LogP contribution in [0.3, 0.4) is 0 Å². The van der Waals surface area contributed by atoms with E-state index >= 15 is 0 Å². The van der Waals surface area contributed by atoms with Crippen LogP contribution in [0, 0.1) is 0 Å². The van der Waals surface area contributed by atoms with Crippen LogP contribution in [0.25, 0.3) is 0 Å². The highest BCUT2D eigenvalue weighted by molar-refractivity contribution is 5.40. The summed E-state index contributed by atoms with van der Waals surface area (Å²) in [7, 11) is 5.97. The third kappa shape index (κ3) is 3.51. The van der Waals surface area contributed by atoms with Gasteiger partial charge in [-0.3, -0.25) is 4.90 Å². The van der Waals surface area contributed by atoms with Crippen molar-refractivity contribution in [3.63, 3.8) is 0 Å². The van der Waals surface area contributed by atoms with Crippen LogP contribution in [-0.4, -0.2) is 50.6 Å². The number of nitrogens with two attached hydrogens (primary N) is 1. The zero-order chi connectivity index (χ0) is 14.5. The summed E-state index contributed by atoms with van der Waals surface area (Å²) in [6.07, 6.45) is 2.46. The van der Waals surface area contributed by atoms with Crippen molar-refractivity contribution < 1.29 is 4.74 Å². The fourth-order valence-corrected chi connectivity index (χ4v) is 2.93. The van der Waals surface area contributed by atoms with E-state index in [4.69, 9.17) is 10.5 Å². The molecule has 0 bridgehead atoms. The van der Waals surface area contributed by atoms with Gasteiger partial charge in [0.25, 0.3) is 0 Å². The topological polar surface area (TPSA) is 41.7 Å². The Hall–Kier alpha value is -1.10. The van der Waals surface area contributed by atoms with Crippen LogP contribution in [0.1, 0.15) is 30.0 Å². The number of hydrogen-bond acceptors (Lipinski definition) is 4. The quantitative estimate of drug-likeness (QED) is 0.772. The van der Waals surface area contributed by atoms with Crippen molar-refractivity contribution in [1.29, 1.82) is 0 Å². The van der Waals surface area contributed by atoms with Gasteiger partial charge in [-0.2, -0.15) is 0 Å². The van der Waals surface area contributed by atoms with Crippen molar-refractivity contribution in [2.45, 2.75) is 25.4 Å². The molecule has 1 unspecified atom stereocenters. The van der Waals surface area contributed by atoms with Gasteiger partial charge in [0.2, 0.25) is 0 Å². The van der Waals surface area contributed by atoms with Gasteiger partial charge in [-0.25, -0.2) is 0 Å². The normalized spacial score (nSPS) is 18.6. The standard InChI is InChI=1S/C16H27N3O/c1-18(2)8-4-5-9-19-12-13-6-7-14(20-3)10-15(13)16(19)11-17/h6-7,10,16H,4-5,8-9,11-12,17H2,1-3H3. The number of rotatable bonds is 7. The Kier molecular flexibility index (Phi) is 5.40. The van der Waals surface area contributed by atoms with Gasteiger partial charge < -0.3 is 15.4 Å². The Balaban J connectivity index is 1.96. The smallest absolute Gasteiger partial charge is 0.119 e. The van der Waals surface area contributed by atoms with Gasteiger partial charge in [0.05, 0.1) is 7.11 Å². The molecule has 1 atom stereocenters. The molecule has 2 rings (SSSR count). The second kappa shape index (κ2) is 7.07. The van der Waals surface area contributed by atoms with Crippen LogP contribution in [0.4, 0.5) is 0 Å². The van der Waals surface area contributed by atoms with Gasteiger partial charge in [-0.05, 0) is 63.3 Å². The minimum atomic E-state index is 0.347. The molecule has 0 spiro atoms. The Labute approximate surface area is 122 Å². The summed E-state index contributed by atoms with van der Waals surface area (Å²) in [4.78, 5) is 4.74. The Morgan fingerprint density at radius 1 is 1.35 bits per heavy atom. The molecule has 20 heavy (non-hydrogen) atoms. The highest BCUT2D eigenvalue weighted by atomic mass is 16.5. The van der Waals surface area contributed by atoms with Crippen molar-refractivity contribution in [3.8, 4) is 5.75 Å². The number of unbranched alkanes of at least 4 members (excludes halogenated alkanes) is 1. The van der Waals surface area contributed by atoms with Gasteiger partial charge in [-0.15, -0.1) is 0 Å². The lowest BCUT2D eigenvalue weighted by Gasteiger charge is -2.24. The Morgan fingerprint density at radius 3 is 2.80 bits per heavy atom. The third-order valence-corrected chi connectivity index (χ3v) is 4.05. The molecule has 0 amide bonds. The molecule has 1 aliphatic heterocycles. The van der Waals surface area contributed by atoms with E-state index in [-0.39, 0.29) is 0 Å². The second-order valence-corrected chi connectivity index (χ2v) is 5.80. The number of ether oxygens (including phenoxy) is 1. The van der Waals surface area contributed by atoms with E-state index in [1.165, 1.54) is 24.0 Å². The lowest BCUT2D eigenvalue weighted by Crippen LogP contribution is -2.29. The number of nitrogens with zero attached hydrogens (tertiary/aromatic N) is 2. The average molecular weight is 277 g/mol. The zero-order valence-corrected chi connectivity index (χ0v) is 12.9. The lowest BCUT2D eigenvalue weighted by atomic mass is 10.0. The van der Waals surface area contributed by atoms with Crippen LogP contribution in [0.15, 0.2) is 18.2 Å². The second-order valence-electron chi connectivity index (χ2n) is 5.80. The first-order chi connectivity index (χ1) is 9.65. The minimum Gasteiger partial charge on any atom is -0.497 e. The summed E-state index contributed by atoms with van der Waals surface area (Å²) in [5.74, 6) is 0.927. The zero-order valence-electron chi connectivity index (χ0n) is 12.9. The molecule has 0 aliphatic carbocycles. The third-order valence-electron chi connectivity index (χ3n) is 4.05. The first-order valence-electron chi connectivity index (χ1n) is 7.41. The first-order valence-corrected chi connectivity index (χ1v) is 7.41. The fourth-order valence-electron chi connectivity index (χ4n) is 2.93. The molecule has 0 aromatic heterocycles. The predicted octanol–water partition coefficient (Wildman–Crippen LogP) is 1.85. The largest absolute Gasteiger partial charge is 0.497 e. The SMILES string of the molecule is COc1ccc2c(c1)C(CN)N(CCCCN(C)C)C2. The van der Waals surface area contributed by atoms with Gasteiger partial charge in [0, 0.05) is 19.1 Å². The summed E-state index contributed by atoms with van der Waals surface area (Å²) >= 11 is 0. The molecule has 0 saturated heterocycles. The maximum atomic E-state index is 5.99. The number of hydrogen-bond donors (Lipinski definition) is 1. The van der Waals surface area contributed by atoms with E-state index in [1.54, 1.807) is 7.11 Å². The van der Waals surface area contributed by atoms with Crippen LogP contribution in [0.5, 0.6) is 5.75 Å². The van der Waals surface area contributed by atoms with E-state index in [1.807, 2.05) is 6.07 Å². The van der Waals surface area contributed by atoms with E-state index in [0.29, 0.717) is 12.6 Å². The Bertz CT molecular complexity index is 434. The fraction of sp³-hybridized carbons (Fsp3) is 0.625. The molecule has 1 aromatic carbocycles. The molecule has 0 radical (unpaired) electrons. The molecule has 0 saturated carbocycles. The van der Waals surface area contributed by atoms with Crippen molar-refractivity contribution in [2.24, 2.45) is 5.73 Å². The van der Waals surface area contributed by atoms with Crippen molar-refractivity contribution >= 4 is 0 Å². The van der Waals surface area contributed by atoms with Crippen molar-refractivity contribution in [3.05, 3.63) is 29.3 Å². The van der Waals surface area contributed by atoms with E-state index in [0.717, 1.165) is 25.4 Å². The van der Waals surface area contributed by atoms with Crippen LogP contribution in [-0.2, 0) is 6.54 Å². The van der Waals surface area contributed by atoms with Gasteiger partial charge in [-0.1, -0.05) is 6.07 Å². The molecule has 4 nitrogen and oxygen atoms in total. The number of fused-ring (bicyclic) bond motifs is 1. The summed E-state index contributed by atoms with van der Waals surface area (Å²) < 4.78 is 5.33. The summed E-state index contributed by atoms with van der Waals surface area (Å²) in [5.41, 5.74) is 8.74. The first kappa shape index (κ1) is 15.3. The molecule has 2 N–H and O–H groups in total. The average Bonchev–Trinajstić information content (AvgIpc) is 2.79. The van der Waals surface area contributed by atoms with Crippen molar-refractivity contribution in [2.75, 3.05) is 40.8 Å². The summed E-state index contributed by atoms with van der Waals surface area (Å²) in [6.45, 7) is 3.96. The Morgan fingerprint density at radius 2 is 2.15 bits per heavy atom. The molecule has 0 fully saturated rings. The van der Waals surface area contributed by atoms with Crippen LogP contribution < -0.4 is 10.5 Å². The molecule has 1 aliphatic rings. The molecule has 1 heterocycles. The van der Waals surface area contributed by atoms with Crippen molar-refractivity contribution in [1.82, 2.24) is 9.80 Å². The molecule has 4 heteroatoms. The monoisotopic (exact) mass is 277 g/mol. The van der Waals surface area contributed by atoms with Crippen LogP contribution >= 0.6 is 0 Å². The minimum absolute atomic E-state index is 0.347. The highest BCUT2D eigenvalue weighted by Crippen LogP contribution is 2.35. The maximum absolute atomic E-state index is 5.99. The predicted molar refractivity (Wildman–Crippen MR) is 83.0 cm³/mol. The molecule has 1 aromatic rings. The highest BCUT2D eigenvalue weighted by Gasteiger charge is 2.28. The van der Waals surface area contributed by atoms with Gasteiger partial charge in [0.15, 0.2) is 0 Å². The number of benzene rings is 1. The van der Waals surface area contributed by atoms with E-state index in [2.05, 4.69) is 36.0 Å². The summed E-state index contributed by atoms with van der Waals surface area (Å²) in [5, 5.41) is 0. The maximum Gasteiger partial charge on any atom is 0.119 e.